The highest BCUT2D eigenvalue weighted by Crippen LogP contribution is 2.55. The van der Waals surface area contributed by atoms with Crippen LogP contribution in [0.25, 0.3) is 11.1 Å². The van der Waals surface area contributed by atoms with Crippen LogP contribution in [-0.2, 0) is 12.1 Å². The Kier molecular flexibility index (Phi) is 7.33. The fraction of sp³-hybridized carbons (Fsp3) is 0.273. The van der Waals surface area contributed by atoms with E-state index in [1.54, 1.807) is 0 Å². The number of aliphatic hydroxyl groups is 2. The third kappa shape index (κ3) is 4.08. The lowest BCUT2D eigenvalue weighted by atomic mass is 9.76. The van der Waals surface area contributed by atoms with Crippen LogP contribution in [0.2, 0.25) is 0 Å². The molecular formula is C33H35NO2. The molecule has 36 heavy (non-hydrogen) atoms. The van der Waals surface area contributed by atoms with Crippen LogP contribution in [0.4, 0.5) is 0 Å². The van der Waals surface area contributed by atoms with E-state index in [4.69, 9.17) is 0 Å². The second-order valence-corrected chi connectivity index (χ2v) is 9.76. The monoisotopic (exact) mass is 477 g/mol. The quantitative estimate of drug-likeness (QED) is 0.285. The maximum Gasteiger partial charge on any atom is 0.0991 e. The number of aliphatic hydroxyl groups excluding tert-OH is 2. The van der Waals surface area contributed by atoms with Crippen molar-refractivity contribution in [2.75, 3.05) is 13.2 Å². The molecule has 0 fully saturated rings. The van der Waals surface area contributed by atoms with E-state index in [1.165, 1.54) is 33.4 Å². The van der Waals surface area contributed by atoms with Crippen LogP contribution in [-0.4, -0.2) is 34.4 Å². The maximum absolute atomic E-state index is 11.0. The molecule has 4 aromatic carbocycles. The second kappa shape index (κ2) is 10.8. The summed E-state index contributed by atoms with van der Waals surface area (Å²) in [6.07, 6.45) is 1.80. The number of rotatable bonds is 10. The van der Waals surface area contributed by atoms with Crippen molar-refractivity contribution >= 4 is 0 Å². The minimum absolute atomic E-state index is 0.0308. The molecule has 2 atom stereocenters. The Bertz CT molecular complexity index is 1230. The topological polar surface area (TPSA) is 43.7 Å². The lowest BCUT2D eigenvalue weighted by Crippen LogP contribution is -2.55. The number of nitrogens with zero attached hydrogens (tertiary/aromatic N) is 1. The molecule has 4 aromatic rings. The molecule has 2 N–H and O–H groups in total. The van der Waals surface area contributed by atoms with Gasteiger partial charge in [0.15, 0.2) is 0 Å². The van der Waals surface area contributed by atoms with Crippen LogP contribution < -0.4 is 0 Å². The Hall–Kier alpha value is -3.24. The maximum atomic E-state index is 11.0. The zero-order chi connectivity index (χ0) is 25.0. The molecule has 0 bridgehead atoms. The van der Waals surface area contributed by atoms with Crippen LogP contribution in [0.1, 0.15) is 42.0 Å². The highest BCUT2D eigenvalue weighted by atomic mass is 16.3. The Balaban J connectivity index is 1.84. The van der Waals surface area contributed by atoms with Gasteiger partial charge in [-0.05, 0) is 45.7 Å². The number of hydrogen-bond donors (Lipinski definition) is 2. The minimum Gasteiger partial charge on any atom is -0.396 e. The van der Waals surface area contributed by atoms with Gasteiger partial charge in [0.25, 0.3) is 0 Å². The number of hydrogen-bond acceptors (Lipinski definition) is 3. The molecule has 0 aliphatic heterocycles. The molecule has 1 aliphatic carbocycles. The van der Waals surface area contributed by atoms with Gasteiger partial charge in [0.1, 0.15) is 0 Å². The minimum atomic E-state index is -0.612. The van der Waals surface area contributed by atoms with Gasteiger partial charge in [-0.2, -0.15) is 0 Å². The standard InChI is InChI=1S/C33H35NO2/c1-2-13-26(23-35)32(24-36)34(22-25-14-5-3-6-15-25)33(27-16-7-4-8-17-27)30-20-11-9-18-28(30)29-19-10-12-21-31(29)33/h3-12,14-21,26,32,35-36H,2,13,22-24H2,1H3/t26-,32+/m0/s1. The van der Waals surface area contributed by atoms with Crippen molar-refractivity contribution in [2.24, 2.45) is 5.92 Å². The summed E-state index contributed by atoms with van der Waals surface area (Å²) >= 11 is 0. The summed E-state index contributed by atoms with van der Waals surface area (Å²) in [5.74, 6) is -0.0516. The molecule has 0 saturated heterocycles. The van der Waals surface area contributed by atoms with Crippen molar-refractivity contribution in [2.45, 2.75) is 37.9 Å². The second-order valence-electron chi connectivity index (χ2n) is 9.76. The Morgan fingerprint density at radius 1 is 0.667 bits per heavy atom. The van der Waals surface area contributed by atoms with Crippen molar-refractivity contribution in [1.82, 2.24) is 4.90 Å². The smallest absolute Gasteiger partial charge is 0.0991 e. The van der Waals surface area contributed by atoms with E-state index in [9.17, 15) is 10.2 Å². The Labute approximate surface area is 214 Å². The van der Waals surface area contributed by atoms with Gasteiger partial charge in [-0.25, -0.2) is 0 Å². The van der Waals surface area contributed by atoms with Crippen molar-refractivity contribution in [1.29, 1.82) is 0 Å². The van der Waals surface area contributed by atoms with Crippen LogP contribution in [0.5, 0.6) is 0 Å². The Morgan fingerprint density at radius 3 is 1.72 bits per heavy atom. The van der Waals surface area contributed by atoms with Gasteiger partial charge in [-0.3, -0.25) is 4.90 Å². The van der Waals surface area contributed by atoms with Crippen molar-refractivity contribution < 1.29 is 10.2 Å². The summed E-state index contributed by atoms with van der Waals surface area (Å²) in [4.78, 5) is 2.47. The number of benzene rings is 4. The first kappa shape index (κ1) is 24.5. The van der Waals surface area contributed by atoms with E-state index in [0.717, 1.165) is 12.8 Å². The van der Waals surface area contributed by atoms with Crippen molar-refractivity contribution in [3.63, 3.8) is 0 Å². The van der Waals surface area contributed by atoms with Gasteiger partial charge in [0.2, 0.25) is 0 Å². The number of fused-ring (bicyclic) bond motifs is 3. The molecule has 0 heterocycles. The molecular weight excluding hydrogens is 442 g/mol. The predicted molar refractivity (Wildman–Crippen MR) is 147 cm³/mol. The first-order valence-corrected chi connectivity index (χ1v) is 13.0. The Morgan fingerprint density at radius 2 is 1.19 bits per heavy atom. The fourth-order valence-electron chi connectivity index (χ4n) is 6.22. The van der Waals surface area contributed by atoms with E-state index in [2.05, 4.69) is 115 Å². The fourth-order valence-corrected chi connectivity index (χ4v) is 6.22. The highest BCUT2D eigenvalue weighted by molar-refractivity contribution is 5.83. The van der Waals surface area contributed by atoms with E-state index < -0.39 is 5.54 Å². The van der Waals surface area contributed by atoms with Gasteiger partial charge in [0, 0.05) is 19.2 Å². The first-order chi connectivity index (χ1) is 17.7. The zero-order valence-corrected chi connectivity index (χ0v) is 20.9. The van der Waals surface area contributed by atoms with Gasteiger partial charge in [-0.15, -0.1) is 0 Å². The molecule has 0 unspecified atom stereocenters. The molecule has 1 aliphatic rings. The molecule has 0 amide bonds. The van der Waals surface area contributed by atoms with E-state index in [1.807, 2.05) is 6.07 Å². The molecule has 3 nitrogen and oxygen atoms in total. The molecule has 0 spiro atoms. The van der Waals surface area contributed by atoms with Gasteiger partial charge in [-0.1, -0.05) is 123 Å². The average molecular weight is 478 g/mol. The lowest BCUT2D eigenvalue weighted by molar-refractivity contribution is -0.000718. The summed E-state index contributed by atoms with van der Waals surface area (Å²) in [7, 11) is 0. The van der Waals surface area contributed by atoms with Gasteiger partial charge >= 0.3 is 0 Å². The van der Waals surface area contributed by atoms with E-state index in [0.29, 0.717) is 6.54 Å². The van der Waals surface area contributed by atoms with Crippen LogP contribution in [0.3, 0.4) is 0 Å². The normalized spacial score (nSPS) is 15.3. The molecule has 184 valence electrons. The first-order valence-electron chi connectivity index (χ1n) is 13.0. The third-order valence-electron chi connectivity index (χ3n) is 7.77. The van der Waals surface area contributed by atoms with Gasteiger partial charge < -0.3 is 10.2 Å². The van der Waals surface area contributed by atoms with E-state index in [-0.39, 0.29) is 25.2 Å². The van der Waals surface area contributed by atoms with Crippen LogP contribution in [0, 0.1) is 5.92 Å². The summed E-state index contributed by atoms with van der Waals surface area (Å²) in [6.45, 7) is 2.80. The largest absolute Gasteiger partial charge is 0.396 e. The SMILES string of the molecule is CCC[C@@H](CO)[C@@H](CO)N(Cc1ccccc1)C1(c2ccccc2)c2ccccc2-c2ccccc21. The lowest BCUT2D eigenvalue weighted by Gasteiger charge is -2.49. The van der Waals surface area contributed by atoms with E-state index >= 15 is 0 Å². The van der Waals surface area contributed by atoms with Gasteiger partial charge in [0.05, 0.1) is 12.1 Å². The molecule has 3 heteroatoms. The summed E-state index contributed by atoms with van der Waals surface area (Å²) in [6, 6.07) is 38.3. The van der Waals surface area contributed by atoms with Crippen molar-refractivity contribution in [3.8, 4) is 11.1 Å². The molecule has 0 aromatic heterocycles. The van der Waals surface area contributed by atoms with Crippen LogP contribution >= 0.6 is 0 Å². The summed E-state index contributed by atoms with van der Waals surface area (Å²) in [5, 5.41) is 21.5. The average Bonchev–Trinajstić information content (AvgIpc) is 3.24. The summed E-state index contributed by atoms with van der Waals surface area (Å²) in [5.41, 5.74) is 6.63. The zero-order valence-electron chi connectivity index (χ0n) is 20.9. The van der Waals surface area contributed by atoms with Crippen molar-refractivity contribution in [3.05, 3.63) is 131 Å². The highest BCUT2D eigenvalue weighted by Gasteiger charge is 2.51. The molecule has 5 rings (SSSR count). The predicted octanol–water partition coefficient (Wildman–Crippen LogP) is 6.23. The van der Waals surface area contributed by atoms with Crippen LogP contribution in [0.15, 0.2) is 109 Å². The summed E-state index contributed by atoms with van der Waals surface area (Å²) < 4.78 is 0. The molecule has 0 radical (unpaired) electrons. The third-order valence-corrected chi connectivity index (χ3v) is 7.77. The molecule has 0 saturated carbocycles.